The van der Waals surface area contributed by atoms with Gasteiger partial charge in [-0.3, -0.25) is 0 Å². The molecule has 0 unspecified atom stereocenters. The number of rotatable bonds is 0. The first kappa shape index (κ1) is 9.62. The Morgan fingerprint density at radius 1 is 1.17 bits per heavy atom. The SMILES string of the molecule is CC([O-])([O-])[O-].[Ni+3]. The molecule has 0 spiro atoms. The molecule has 0 amide bonds. The predicted octanol–water partition coefficient (Wildman–Crippen LogP) is -3.26. The van der Waals surface area contributed by atoms with Gasteiger partial charge >= 0.3 is 16.5 Å². The van der Waals surface area contributed by atoms with E-state index in [1.54, 1.807) is 0 Å². The molecule has 39 valence electrons. The van der Waals surface area contributed by atoms with Gasteiger partial charge in [-0.15, -0.1) is 6.92 Å². The van der Waals surface area contributed by atoms with Gasteiger partial charge < -0.3 is 21.3 Å². The second kappa shape index (κ2) is 2.53. The van der Waals surface area contributed by atoms with Crippen LogP contribution in [0.5, 0.6) is 0 Å². The fraction of sp³-hybridized carbons (Fsp3) is 1.00. The molecule has 0 saturated carbocycles. The molecule has 0 saturated heterocycles. The van der Waals surface area contributed by atoms with E-state index in [4.69, 9.17) is 15.3 Å². The summed E-state index contributed by atoms with van der Waals surface area (Å²) in [5, 5.41) is 27.0. The summed E-state index contributed by atoms with van der Waals surface area (Å²) in [4.78, 5) is 0. The molecule has 0 bridgehead atoms. The zero-order valence-corrected chi connectivity index (χ0v) is 4.03. The second-order valence-electron chi connectivity index (χ2n) is 0.862. The van der Waals surface area contributed by atoms with Gasteiger partial charge in [-0.05, 0) is 0 Å². The second-order valence-corrected chi connectivity index (χ2v) is 0.862. The van der Waals surface area contributed by atoms with Crippen molar-refractivity contribution in [2.24, 2.45) is 0 Å². The van der Waals surface area contributed by atoms with Crippen molar-refractivity contribution in [3.63, 3.8) is 0 Å². The van der Waals surface area contributed by atoms with Gasteiger partial charge in [0.05, 0.1) is 0 Å². The molecular formula is C2H3NiO3. The van der Waals surface area contributed by atoms with E-state index in [1.165, 1.54) is 0 Å². The summed E-state index contributed by atoms with van der Waals surface area (Å²) in [7, 11) is 0. The molecule has 0 heterocycles. The molecule has 0 aromatic heterocycles. The van der Waals surface area contributed by atoms with Crippen LogP contribution in [0.1, 0.15) is 6.92 Å². The topological polar surface area (TPSA) is 69.2 Å². The maximum atomic E-state index is 8.99. The van der Waals surface area contributed by atoms with E-state index in [2.05, 4.69) is 0 Å². The van der Waals surface area contributed by atoms with Gasteiger partial charge in [0.25, 0.3) is 0 Å². The molecule has 0 atom stereocenters. The Balaban J connectivity index is 0. The summed E-state index contributed by atoms with van der Waals surface area (Å²) in [5.74, 6) is -3.25. The van der Waals surface area contributed by atoms with Crippen LogP contribution >= 0.6 is 0 Å². The first-order valence-electron chi connectivity index (χ1n) is 1.11. The van der Waals surface area contributed by atoms with E-state index < -0.39 is 5.97 Å². The fourth-order valence-electron chi connectivity index (χ4n) is 0. The molecule has 0 aromatic carbocycles. The Labute approximate surface area is 45.5 Å². The van der Waals surface area contributed by atoms with Crippen molar-refractivity contribution in [1.82, 2.24) is 0 Å². The number of hydrogen-bond donors (Lipinski definition) is 0. The van der Waals surface area contributed by atoms with Crippen LogP contribution in [0.15, 0.2) is 0 Å². The van der Waals surface area contributed by atoms with Gasteiger partial charge in [0.2, 0.25) is 0 Å². The van der Waals surface area contributed by atoms with Gasteiger partial charge in [-0.25, -0.2) is 0 Å². The maximum Gasteiger partial charge on any atom is 3.00 e. The summed E-state index contributed by atoms with van der Waals surface area (Å²) in [6.07, 6.45) is 0. The first-order valence-corrected chi connectivity index (χ1v) is 1.11. The first-order chi connectivity index (χ1) is 2.00. The molecule has 3 nitrogen and oxygen atoms in total. The minimum atomic E-state index is -3.25. The third-order valence-electron chi connectivity index (χ3n) is 0. The van der Waals surface area contributed by atoms with Crippen molar-refractivity contribution < 1.29 is 31.8 Å². The Hall–Kier alpha value is 0.374. The predicted molar refractivity (Wildman–Crippen MR) is 8.41 cm³/mol. The van der Waals surface area contributed by atoms with Gasteiger partial charge in [0.15, 0.2) is 0 Å². The molecule has 0 rings (SSSR count). The van der Waals surface area contributed by atoms with Crippen LogP contribution in [0.25, 0.3) is 0 Å². The van der Waals surface area contributed by atoms with E-state index in [0.717, 1.165) is 0 Å². The average Bonchev–Trinajstić information content (AvgIpc) is 0.722. The molecule has 0 aromatic rings. The molecule has 1 radical (unpaired) electrons. The average molecular weight is 134 g/mol. The molecule has 0 aliphatic rings. The largest absolute Gasteiger partial charge is 3.00 e. The van der Waals surface area contributed by atoms with E-state index in [1.807, 2.05) is 0 Å². The molecule has 0 N–H and O–H groups in total. The van der Waals surface area contributed by atoms with E-state index in [9.17, 15) is 0 Å². The normalized spacial score (nSPS) is 10.0. The van der Waals surface area contributed by atoms with E-state index in [-0.39, 0.29) is 16.5 Å². The van der Waals surface area contributed by atoms with Gasteiger partial charge in [0, 0.05) is 0 Å². The van der Waals surface area contributed by atoms with Crippen LogP contribution in [0.4, 0.5) is 0 Å². The van der Waals surface area contributed by atoms with Gasteiger partial charge in [-0.1, -0.05) is 0 Å². The van der Waals surface area contributed by atoms with E-state index in [0.29, 0.717) is 6.92 Å². The summed E-state index contributed by atoms with van der Waals surface area (Å²) >= 11 is 0. The van der Waals surface area contributed by atoms with Crippen molar-refractivity contribution in [1.29, 1.82) is 0 Å². The molecule has 0 aliphatic heterocycles. The summed E-state index contributed by atoms with van der Waals surface area (Å²) in [6, 6.07) is 0. The molecule has 4 heteroatoms. The van der Waals surface area contributed by atoms with Crippen LogP contribution in [0, 0.1) is 0 Å². The minimum Gasteiger partial charge on any atom is -0.877 e. The van der Waals surface area contributed by atoms with E-state index >= 15 is 0 Å². The van der Waals surface area contributed by atoms with Crippen LogP contribution in [0.3, 0.4) is 0 Å². The number of hydrogen-bond acceptors (Lipinski definition) is 3. The quantitative estimate of drug-likeness (QED) is 0.257. The standard InChI is InChI=1S/C2H3O3.Ni/c1-2(3,4)5;/h1H3;/q-3;+3. The molecule has 0 fully saturated rings. The van der Waals surface area contributed by atoms with Gasteiger partial charge in [0.1, 0.15) is 0 Å². The van der Waals surface area contributed by atoms with Crippen molar-refractivity contribution in [3.05, 3.63) is 0 Å². The minimum absolute atomic E-state index is 0. The summed E-state index contributed by atoms with van der Waals surface area (Å²) in [6.45, 7) is 0.521. The smallest absolute Gasteiger partial charge is 0.877 e. The zero-order chi connectivity index (χ0) is 4.50. The van der Waals surface area contributed by atoms with Crippen molar-refractivity contribution >= 4 is 0 Å². The Bertz CT molecular complexity index is 24.3. The van der Waals surface area contributed by atoms with Crippen LogP contribution in [-0.4, -0.2) is 5.97 Å². The van der Waals surface area contributed by atoms with Crippen molar-refractivity contribution in [2.45, 2.75) is 12.9 Å². The Morgan fingerprint density at radius 3 is 1.17 bits per heavy atom. The third kappa shape index (κ3) is 357. The molecular weight excluding hydrogens is 131 g/mol. The third-order valence-corrected chi connectivity index (χ3v) is 0. The van der Waals surface area contributed by atoms with Crippen LogP contribution < -0.4 is 15.3 Å². The monoisotopic (exact) mass is 133 g/mol. The van der Waals surface area contributed by atoms with Crippen LogP contribution in [-0.2, 0) is 16.5 Å². The van der Waals surface area contributed by atoms with Crippen molar-refractivity contribution in [3.8, 4) is 0 Å². The molecule has 0 aliphatic carbocycles. The fourth-order valence-corrected chi connectivity index (χ4v) is 0. The maximum absolute atomic E-state index is 8.99. The Morgan fingerprint density at radius 2 is 1.17 bits per heavy atom. The summed E-state index contributed by atoms with van der Waals surface area (Å²) in [5.41, 5.74) is 0. The molecule has 6 heavy (non-hydrogen) atoms. The summed E-state index contributed by atoms with van der Waals surface area (Å²) < 4.78 is 0. The van der Waals surface area contributed by atoms with Crippen molar-refractivity contribution in [2.75, 3.05) is 0 Å². The Kier molecular flexibility index (Phi) is 4.06. The zero-order valence-electron chi connectivity index (χ0n) is 3.04. The van der Waals surface area contributed by atoms with Gasteiger partial charge in [-0.2, -0.15) is 0 Å². The van der Waals surface area contributed by atoms with Crippen LogP contribution in [0.2, 0.25) is 0 Å².